The van der Waals surface area contributed by atoms with Crippen LogP contribution in [0.4, 0.5) is 0 Å². The maximum Gasteiger partial charge on any atom is 0.230 e. The summed E-state index contributed by atoms with van der Waals surface area (Å²) in [6, 6.07) is 0. The second-order valence-electron chi connectivity index (χ2n) is 2.07. The molecule has 0 aromatic heterocycles. The molecule has 0 unspecified atom stereocenters. The van der Waals surface area contributed by atoms with Gasteiger partial charge in [0.05, 0.1) is 12.9 Å². The predicted molar refractivity (Wildman–Crippen MR) is 38.8 cm³/mol. The van der Waals surface area contributed by atoms with Gasteiger partial charge in [-0.3, -0.25) is 9.89 Å². The highest BCUT2D eigenvalue weighted by Gasteiger charge is 2.13. The van der Waals surface area contributed by atoms with E-state index in [0.29, 0.717) is 0 Å². The average Bonchev–Trinajstić information content (AvgIpc) is 2.59. The average molecular weight is 135 g/mol. The van der Waals surface area contributed by atoms with Gasteiger partial charge >= 0.3 is 0 Å². The molecule has 0 aliphatic carbocycles. The van der Waals surface area contributed by atoms with Gasteiger partial charge < -0.3 is 0 Å². The van der Waals surface area contributed by atoms with E-state index in [1.165, 1.54) is 0 Å². The molecule has 0 N–H and O–H groups in total. The predicted octanol–water partition coefficient (Wildman–Crippen LogP) is -0.224. The summed E-state index contributed by atoms with van der Waals surface area (Å²) in [7, 11) is 0. The maximum atomic E-state index is 4.04. The number of rotatable bonds is 0. The molecule has 2 aliphatic rings. The smallest absolute Gasteiger partial charge is 0.230 e. The van der Waals surface area contributed by atoms with Gasteiger partial charge in [0.1, 0.15) is 0 Å². The molecular formula is C6H7N4. The van der Waals surface area contributed by atoms with Crippen LogP contribution >= 0.6 is 0 Å². The second-order valence-corrected chi connectivity index (χ2v) is 2.07. The Morgan fingerprint density at radius 3 is 3.00 bits per heavy atom. The summed E-state index contributed by atoms with van der Waals surface area (Å²) in [5, 5.41) is 4.02. The molecule has 4 heteroatoms. The molecule has 1 radical (unpaired) electrons. The van der Waals surface area contributed by atoms with E-state index in [1.54, 1.807) is 18.7 Å². The fourth-order valence-corrected chi connectivity index (χ4v) is 0.913. The lowest BCUT2D eigenvalue weighted by Gasteiger charge is -2.10. The largest absolute Gasteiger partial charge is 0.299 e. The number of hydrogen-bond donors (Lipinski definition) is 0. The van der Waals surface area contributed by atoms with Gasteiger partial charge in [0.25, 0.3) is 0 Å². The minimum absolute atomic E-state index is 0.751. The Balaban J connectivity index is 2.06. The molecule has 0 aromatic rings. The standard InChI is InChI=1S/C6H7N4/c1-2-9-6(8-1)10-4-3-7-5-10/h1-2,5H,3-4H2. The SMILES string of the molecule is C1=CN=C(N2C=NCC2)[N]1. The van der Waals surface area contributed by atoms with Crippen LogP contribution in [0.5, 0.6) is 0 Å². The summed E-state index contributed by atoms with van der Waals surface area (Å²) in [5.41, 5.74) is 0. The van der Waals surface area contributed by atoms with Crippen LogP contribution in [0.3, 0.4) is 0 Å². The minimum atomic E-state index is 0.751. The molecular weight excluding hydrogens is 128 g/mol. The summed E-state index contributed by atoms with van der Waals surface area (Å²) in [5.74, 6) is 0.751. The van der Waals surface area contributed by atoms with Gasteiger partial charge in [-0.05, 0) is 0 Å². The first kappa shape index (κ1) is 5.46. The molecule has 0 saturated carbocycles. The van der Waals surface area contributed by atoms with E-state index in [4.69, 9.17) is 0 Å². The molecule has 0 saturated heterocycles. The van der Waals surface area contributed by atoms with Crippen molar-refractivity contribution in [3.8, 4) is 0 Å². The first-order valence-electron chi connectivity index (χ1n) is 3.17. The summed E-state index contributed by atoms with van der Waals surface area (Å²) in [6.45, 7) is 1.76. The molecule has 0 atom stereocenters. The van der Waals surface area contributed by atoms with Crippen molar-refractivity contribution in [1.29, 1.82) is 0 Å². The number of hydrogen-bond acceptors (Lipinski definition) is 3. The van der Waals surface area contributed by atoms with Crippen LogP contribution in [0.25, 0.3) is 0 Å². The van der Waals surface area contributed by atoms with Crippen LogP contribution in [0.1, 0.15) is 0 Å². The zero-order valence-corrected chi connectivity index (χ0v) is 5.44. The summed E-state index contributed by atoms with van der Waals surface area (Å²) in [6.07, 6.45) is 5.14. The van der Waals surface area contributed by atoms with E-state index in [9.17, 15) is 0 Å². The Kier molecular flexibility index (Phi) is 1.16. The molecule has 0 spiro atoms. The lowest BCUT2D eigenvalue weighted by molar-refractivity contribution is 0.659. The van der Waals surface area contributed by atoms with E-state index in [1.807, 2.05) is 4.90 Å². The van der Waals surface area contributed by atoms with Crippen molar-refractivity contribution in [3.63, 3.8) is 0 Å². The third-order valence-corrected chi connectivity index (χ3v) is 1.39. The van der Waals surface area contributed by atoms with Crippen LogP contribution in [0.2, 0.25) is 0 Å². The van der Waals surface area contributed by atoms with Crippen LogP contribution in [-0.4, -0.2) is 30.3 Å². The minimum Gasteiger partial charge on any atom is -0.299 e. The van der Waals surface area contributed by atoms with Gasteiger partial charge in [0, 0.05) is 18.9 Å². The fraction of sp³-hybridized carbons (Fsp3) is 0.333. The molecule has 0 bridgehead atoms. The van der Waals surface area contributed by atoms with Crippen molar-refractivity contribution < 1.29 is 0 Å². The lowest BCUT2D eigenvalue weighted by atomic mass is 10.6. The van der Waals surface area contributed by atoms with E-state index < -0.39 is 0 Å². The lowest BCUT2D eigenvalue weighted by Crippen LogP contribution is -2.31. The summed E-state index contributed by atoms with van der Waals surface area (Å²) >= 11 is 0. The number of nitrogens with zero attached hydrogens (tertiary/aromatic N) is 4. The van der Waals surface area contributed by atoms with Crippen molar-refractivity contribution in [3.05, 3.63) is 12.4 Å². The monoisotopic (exact) mass is 135 g/mol. The normalized spacial score (nSPS) is 21.6. The molecule has 4 nitrogen and oxygen atoms in total. The summed E-state index contributed by atoms with van der Waals surface area (Å²) < 4.78 is 0. The summed E-state index contributed by atoms with van der Waals surface area (Å²) in [4.78, 5) is 9.99. The van der Waals surface area contributed by atoms with Gasteiger partial charge in [-0.15, -0.1) is 0 Å². The second kappa shape index (κ2) is 2.13. The Labute approximate surface area is 59.0 Å². The zero-order chi connectivity index (χ0) is 6.81. The first-order valence-corrected chi connectivity index (χ1v) is 3.17. The molecule has 2 rings (SSSR count). The number of aliphatic imine (C=N–C) groups is 2. The fourth-order valence-electron chi connectivity index (χ4n) is 0.913. The third-order valence-electron chi connectivity index (χ3n) is 1.39. The topological polar surface area (TPSA) is 42.1 Å². The van der Waals surface area contributed by atoms with Crippen molar-refractivity contribution in [2.24, 2.45) is 9.98 Å². The molecule has 0 amide bonds. The first-order chi connectivity index (χ1) is 4.97. The number of guanidine groups is 1. The van der Waals surface area contributed by atoms with Crippen molar-refractivity contribution >= 4 is 12.3 Å². The Hall–Kier alpha value is -1.32. The molecule has 0 fully saturated rings. The van der Waals surface area contributed by atoms with Crippen LogP contribution in [-0.2, 0) is 0 Å². The molecule has 2 heterocycles. The molecule has 0 aromatic carbocycles. The van der Waals surface area contributed by atoms with Crippen molar-refractivity contribution in [2.45, 2.75) is 0 Å². The van der Waals surface area contributed by atoms with Gasteiger partial charge in [-0.1, -0.05) is 0 Å². The van der Waals surface area contributed by atoms with E-state index >= 15 is 0 Å². The van der Waals surface area contributed by atoms with Gasteiger partial charge in [0.2, 0.25) is 5.96 Å². The van der Waals surface area contributed by atoms with Crippen molar-refractivity contribution in [2.75, 3.05) is 13.1 Å². The van der Waals surface area contributed by atoms with Crippen LogP contribution in [0.15, 0.2) is 22.4 Å². The third kappa shape index (κ3) is 0.775. The molecule has 2 aliphatic heterocycles. The van der Waals surface area contributed by atoms with E-state index in [2.05, 4.69) is 15.3 Å². The van der Waals surface area contributed by atoms with Crippen LogP contribution in [0, 0.1) is 0 Å². The quantitative estimate of drug-likeness (QED) is 0.452. The molecule has 10 heavy (non-hydrogen) atoms. The Bertz CT molecular complexity index is 216. The van der Waals surface area contributed by atoms with E-state index in [-0.39, 0.29) is 0 Å². The van der Waals surface area contributed by atoms with Gasteiger partial charge in [0.15, 0.2) is 0 Å². The highest BCUT2D eigenvalue weighted by atomic mass is 15.3. The zero-order valence-electron chi connectivity index (χ0n) is 5.44. The van der Waals surface area contributed by atoms with Gasteiger partial charge in [-0.2, -0.15) is 0 Å². The maximum absolute atomic E-state index is 4.04. The van der Waals surface area contributed by atoms with Crippen LogP contribution < -0.4 is 5.32 Å². The Morgan fingerprint density at radius 2 is 2.40 bits per heavy atom. The van der Waals surface area contributed by atoms with Crippen molar-refractivity contribution in [1.82, 2.24) is 10.2 Å². The van der Waals surface area contributed by atoms with Gasteiger partial charge in [-0.25, -0.2) is 10.3 Å². The highest BCUT2D eigenvalue weighted by Crippen LogP contribution is 1.99. The Morgan fingerprint density at radius 1 is 1.40 bits per heavy atom. The highest BCUT2D eigenvalue weighted by molar-refractivity contribution is 5.92. The molecule has 51 valence electrons. The van der Waals surface area contributed by atoms with E-state index in [0.717, 1.165) is 19.0 Å².